The molecule has 3 rings (SSSR count). The highest BCUT2D eigenvalue weighted by Gasteiger charge is 2.21. The van der Waals surface area contributed by atoms with Crippen LogP contribution < -0.4 is 10.1 Å². The fraction of sp³-hybridized carbons (Fsp3) is 0.263. The van der Waals surface area contributed by atoms with Crippen molar-refractivity contribution in [3.8, 4) is 5.75 Å². The minimum atomic E-state index is -0.208. The van der Waals surface area contributed by atoms with Gasteiger partial charge in [-0.05, 0) is 35.6 Å². The van der Waals surface area contributed by atoms with Gasteiger partial charge in [0.15, 0.2) is 0 Å². The van der Waals surface area contributed by atoms with E-state index in [9.17, 15) is 4.79 Å². The third kappa shape index (κ3) is 4.90. The van der Waals surface area contributed by atoms with Gasteiger partial charge in [-0.3, -0.25) is 4.79 Å². The van der Waals surface area contributed by atoms with Crippen molar-refractivity contribution in [2.75, 3.05) is 13.7 Å². The van der Waals surface area contributed by atoms with Crippen molar-refractivity contribution in [1.29, 1.82) is 0 Å². The maximum atomic E-state index is 12.8. The molecule has 4 nitrogen and oxygen atoms in total. The number of thiophene rings is 1. The molecule has 0 aliphatic heterocycles. The van der Waals surface area contributed by atoms with Crippen LogP contribution in [0.5, 0.6) is 5.75 Å². The summed E-state index contributed by atoms with van der Waals surface area (Å²) in [5.41, 5.74) is 3.83. The van der Waals surface area contributed by atoms with Crippen LogP contribution in [0.2, 0.25) is 0 Å². The molecule has 1 aromatic carbocycles. The van der Waals surface area contributed by atoms with E-state index in [-0.39, 0.29) is 11.8 Å². The second kappa shape index (κ2) is 8.78. The van der Waals surface area contributed by atoms with E-state index < -0.39 is 0 Å². The first-order valence-corrected chi connectivity index (χ1v) is 9.89. The molecule has 2 aromatic heterocycles. The fourth-order valence-electron chi connectivity index (χ4n) is 2.63. The summed E-state index contributed by atoms with van der Waals surface area (Å²) in [7, 11) is 1.64. The Morgan fingerprint density at radius 3 is 2.76 bits per heavy atom. The number of carbonyl (C=O) groups excluding carboxylic acids is 1. The summed E-state index contributed by atoms with van der Waals surface area (Å²) in [4.78, 5) is 18.3. The van der Waals surface area contributed by atoms with Crippen LogP contribution in [0.3, 0.4) is 0 Å². The largest absolute Gasteiger partial charge is 0.497 e. The molecule has 0 saturated heterocycles. The Hall–Kier alpha value is -2.18. The van der Waals surface area contributed by atoms with E-state index >= 15 is 0 Å². The highest BCUT2D eigenvalue weighted by Crippen LogP contribution is 2.25. The van der Waals surface area contributed by atoms with Crippen LogP contribution in [-0.4, -0.2) is 24.5 Å². The van der Waals surface area contributed by atoms with Crippen molar-refractivity contribution < 1.29 is 9.53 Å². The van der Waals surface area contributed by atoms with Gasteiger partial charge in [0.2, 0.25) is 5.91 Å². The summed E-state index contributed by atoms with van der Waals surface area (Å²) in [6.07, 6.45) is 1.45. The minimum Gasteiger partial charge on any atom is -0.497 e. The van der Waals surface area contributed by atoms with E-state index in [0.717, 1.165) is 23.4 Å². The van der Waals surface area contributed by atoms with Crippen LogP contribution in [0.4, 0.5) is 0 Å². The molecule has 0 aliphatic carbocycles. The lowest BCUT2D eigenvalue weighted by molar-refractivity contribution is -0.122. The molecule has 1 N–H and O–H groups in total. The number of carbonyl (C=O) groups is 1. The first-order chi connectivity index (χ1) is 12.3. The Morgan fingerprint density at radius 1 is 1.28 bits per heavy atom. The molecule has 1 unspecified atom stereocenters. The number of nitrogens with one attached hydrogen (secondary N) is 1. The molecular formula is C19H20N2O2S2. The van der Waals surface area contributed by atoms with Crippen molar-refractivity contribution >= 4 is 28.6 Å². The summed E-state index contributed by atoms with van der Waals surface area (Å²) in [5.74, 6) is 0.636. The van der Waals surface area contributed by atoms with Crippen molar-refractivity contribution in [3.05, 3.63) is 68.8 Å². The standard InChI is InChI=1S/C19H20N2O2S2/c1-23-16-6-4-14(5-7-16)18(11-17-3-2-10-25-17)19(22)20-9-8-15-12-24-13-21-15/h2-7,10,12-13,18H,8-9,11H2,1H3,(H,20,22). The van der Waals surface area contributed by atoms with Crippen LogP contribution >= 0.6 is 22.7 Å². The number of methoxy groups -OCH3 is 1. The maximum absolute atomic E-state index is 12.8. The lowest BCUT2D eigenvalue weighted by Gasteiger charge is -2.17. The third-order valence-electron chi connectivity index (χ3n) is 3.98. The molecule has 0 saturated carbocycles. The summed E-state index contributed by atoms with van der Waals surface area (Å²) >= 11 is 3.25. The summed E-state index contributed by atoms with van der Waals surface area (Å²) in [5, 5.41) is 7.11. The second-order valence-corrected chi connectivity index (χ2v) is 7.38. The van der Waals surface area contributed by atoms with E-state index in [1.165, 1.54) is 4.88 Å². The molecule has 1 amide bonds. The van der Waals surface area contributed by atoms with Crippen molar-refractivity contribution in [2.24, 2.45) is 0 Å². The highest BCUT2D eigenvalue weighted by atomic mass is 32.1. The molecule has 0 spiro atoms. The van der Waals surface area contributed by atoms with E-state index in [0.29, 0.717) is 13.0 Å². The molecule has 0 fully saturated rings. The van der Waals surface area contributed by atoms with E-state index in [1.54, 1.807) is 29.8 Å². The van der Waals surface area contributed by atoms with Crippen molar-refractivity contribution in [3.63, 3.8) is 0 Å². The number of amides is 1. The first-order valence-electron chi connectivity index (χ1n) is 8.07. The van der Waals surface area contributed by atoms with E-state index in [2.05, 4.69) is 16.4 Å². The predicted octanol–water partition coefficient (Wildman–Crippen LogP) is 3.90. The Bertz CT molecular complexity index is 768. The summed E-state index contributed by atoms with van der Waals surface area (Å²) in [6.45, 7) is 0.597. The van der Waals surface area contributed by atoms with Crippen LogP contribution in [0.25, 0.3) is 0 Å². The zero-order chi connectivity index (χ0) is 17.5. The van der Waals surface area contributed by atoms with Gasteiger partial charge in [-0.15, -0.1) is 22.7 Å². The van der Waals surface area contributed by atoms with Crippen LogP contribution in [0.15, 0.2) is 52.7 Å². The minimum absolute atomic E-state index is 0.0498. The zero-order valence-electron chi connectivity index (χ0n) is 14.0. The molecule has 0 aliphatic rings. The van der Waals surface area contributed by atoms with Gasteiger partial charge in [0.1, 0.15) is 5.75 Å². The molecule has 0 bridgehead atoms. The number of hydrogen-bond donors (Lipinski definition) is 1. The zero-order valence-corrected chi connectivity index (χ0v) is 15.6. The number of ether oxygens (including phenoxy) is 1. The molecule has 0 radical (unpaired) electrons. The lowest BCUT2D eigenvalue weighted by Crippen LogP contribution is -2.32. The smallest absolute Gasteiger partial charge is 0.227 e. The molecule has 6 heteroatoms. The molecular weight excluding hydrogens is 352 g/mol. The number of hydrogen-bond acceptors (Lipinski definition) is 5. The van der Waals surface area contributed by atoms with Crippen molar-refractivity contribution in [1.82, 2.24) is 10.3 Å². The van der Waals surface area contributed by atoms with Crippen LogP contribution in [-0.2, 0) is 17.6 Å². The summed E-state index contributed by atoms with van der Waals surface area (Å²) in [6, 6.07) is 11.8. The molecule has 2 heterocycles. The number of nitrogens with zero attached hydrogens (tertiary/aromatic N) is 1. The normalized spacial score (nSPS) is 11.9. The van der Waals surface area contributed by atoms with Gasteiger partial charge in [0, 0.05) is 23.2 Å². The number of aromatic nitrogens is 1. The molecule has 3 aromatic rings. The van der Waals surface area contributed by atoms with E-state index in [4.69, 9.17) is 4.74 Å². The van der Waals surface area contributed by atoms with Gasteiger partial charge in [0.25, 0.3) is 0 Å². The topological polar surface area (TPSA) is 51.2 Å². The molecule has 130 valence electrons. The van der Waals surface area contributed by atoms with Gasteiger partial charge in [0.05, 0.1) is 24.2 Å². The predicted molar refractivity (Wildman–Crippen MR) is 103 cm³/mol. The van der Waals surface area contributed by atoms with Crippen LogP contribution in [0, 0.1) is 0 Å². The Kier molecular flexibility index (Phi) is 6.19. The average Bonchev–Trinajstić information content (AvgIpc) is 3.33. The molecule has 25 heavy (non-hydrogen) atoms. The Morgan fingerprint density at radius 2 is 2.12 bits per heavy atom. The maximum Gasteiger partial charge on any atom is 0.227 e. The first kappa shape index (κ1) is 17.6. The van der Waals surface area contributed by atoms with E-state index in [1.807, 2.05) is 46.6 Å². The fourth-order valence-corrected chi connectivity index (χ4v) is 3.97. The highest BCUT2D eigenvalue weighted by molar-refractivity contribution is 7.09. The Balaban J connectivity index is 1.69. The third-order valence-corrected chi connectivity index (χ3v) is 5.52. The number of rotatable bonds is 8. The number of thiazole rings is 1. The van der Waals surface area contributed by atoms with Gasteiger partial charge in [-0.2, -0.15) is 0 Å². The quantitative estimate of drug-likeness (QED) is 0.652. The second-order valence-electron chi connectivity index (χ2n) is 5.63. The van der Waals surface area contributed by atoms with Gasteiger partial charge >= 0.3 is 0 Å². The Labute approximate surface area is 155 Å². The van der Waals surface area contributed by atoms with Crippen LogP contribution in [0.1, 0.15) is 22.1 Å². The monoisotopic (exact) mass is 372 g/mol. The molecule has 1 atom stereocenters. The lowest BCUT2D eigenvalue weighted by atomic mass is 9.94. The van der Waals surface area contributed by atoms with Gasteiger partial charge in [-0.1, -0.05) is 18.2 Å². The van der Waals surface area contributed by atoms with Gasteiger partial charge in [-0.25, -0.2) is 4.98 Å². The number of benzene rings is 1. The van der Waals surface area contributed by atoms with Gasteiger partial charge < -0.3 is 10.1 Å². The average molecular weight is 373 g/mol. The van der Waals surface area contributed by atoms with Crippen molar-refractivity contribution in [2.45, 2.75) is 18.8 Å². The summed E-state index contributed by atoms with van der Waals surface area (Å²) < 4.78 is 5.22. The SMILES string of the molecule is COc1ccc(C(Cc2cccs2)C(=O)NCCc2cscn2)cc1.